The smallest absolute Gasteiger partial charge is 0.354 e. The molecule has 4 nitrogen and oxygen atoms in total. The summed E-state index contributed by atoms with van der Waals surface area (Å²) in [7, 11) is 0. The fraction of sp³-hybridized carbons (Fsp3) is 0.667. The Bertz CT molecular complexity index is 415. The van der Waals surface area contributed by atoms with Gasteiger partial charge in [0, 0.05) is 0 Å². The van der Waals surface area contributed by atoms with Crippen molar-refractivity contribution in [3.05, 3.63) is 9.34 Å². The SMILES string of the molecule is CCOC(=O)c1sc(Cl)nc1OC1CCCCC1. The molecule has 1 aliphatic carbocycles. The largest absolute Gasteiger partial charge is 0.473 e. The number of halogens is 1. The highest BCUT2D eigenvalue weighted by atomic mass is 35.5. The normalized spacial score (nSPS) is 16.6. The van der Waals surface area contributed by atoms with E-state index in [-0.39, 0.29) is 6.10 Å². The lowest BCUT2D eigenvalue weighted by molar-refractivity contribution is 0.0522. The molecule has 100 valence electrons. The highest BCUT2D eigenvalue weighted by Crippen LogP contribution is 2.32. The van der Waals surface area contributed by atoms with Crippen LogP contribution in [0.4, 0.5) is 0 Å². The first-order valence-electron chi connectivity index (χ1n) is 6.20. The molecule has 0 unspecified atom stereocenters. The van der Waals surface area contributed by atoms with Gasteiger partial charge < -0.3 is 9.47 Å². The molecule has 0 spiro atoms. The summed E-state index contributed by atoms with van der Waals surface area (Å²) < 4.78 is 11.1. The van der Waals surface area contributed by atoms with Gasteiger partial charge in [0.25, 0.3) is 0 Å². The van der Waals surface area contributed by atoms with Crippen molar-refractivity contribution < 1.29 is 14.3 Å². The van der Waals surface area contributed by atoms with E-state index >= 15 is 0 Å². The van der Waals surface area contributed by atoms with Crippen molar-refractivity contribution in [2.75, 3.05) is 6.61 Å². The summed E-state index contributed by atoms with van der Waals surface area (Å²) in [5.41, 5.74) is 0. The maximum atomic E-state index is 11.7. The lowest BCUT2D eigenvalue weighted by atomic mass is 9.98. The van der Waals surface area contributed by atoms with Gasteiger partial charge in [-0.15, -0.1) is 0 Å². The van der Waals surface area contributed by atoms with Crippen molar-refractivity contribution in [1.82, 2.24) is 4.98 Å². The van der Waals surface area contributed by atoms with Crippen LogP contribution in [0.15, 0.2) is 0 Å². The molecule has 18 heavy (non-hydrogen) atoms. The molecule has 0 saturated heterocycles. The van der Waals surface area contributed by atoms with Crippen LogP contribution in [0.5, 0.6) is 5.88 Å². The van der Waals surface area contributed by atoms with Crippen molar-refractivity contribution in [3.8, 4) is 5.88 Å². The van der Waals surface area contributed by atoms with Crippen LogP contribution < -0.4 is 4.74 Å². The molecule has 0 N–H and O–H groups in total. The molecule has 6 heteroatoms. The Morgan fingerprint density at radius 3 is 2.83 bits per heavy atom. The second kappa shape index (κ2) is 6.38. The van der Waals surface area contributed by atoms with Crippen LogP contribution in [0, 0.1) is 0 Å². The molecule has 1 fully saturated rings. The lowest BCUT2D eigenvalue weighted by Gasteiger charge is -2.21. The van der Waals surface area contributed by atoms with Gasteiger partial charge in [-0.05, 0) is 32.6 Å². The molecule has 1 saturated carbocycles. The predicted octanol–water partition coefficient (Wildman–Crippen LogP) is 3.68. The molecule has 0 amide bonds. The second-order valence-electron chi connectivity index (χ2n) is 4.20. The van der Waals surface area contributed by atoms with Gasteiger partial charge in [0.15, 0.2) is 9.34 Å². The van der Waals surface area contributed by atoms with Gasteiger partial charge in [-0.2, -0.15) is 4.98 Å². The monoisotopic (exact) mass is 289 g/mol. The van der Waals surface area contributed by atoms with E-state index in [0.29, 0.717) is 21.8 Å². The van der Waals surface area contributed by atoms with Crippen LogP contribution in [0.25, 0.3) is 0 Å². The molecular weight excluding hydrogens is 274 g/mol. The van der Waals surface area contributed by atoms with E-state index in [9.17, 15) is 4.79 Å². The Balaban J connectivity index is 2.08. The number of carbonyl (C=O) groups is 1. The summed E-state index contributed by atoms with van der Waals surface area (Å²) in [6.07, 6.45) is 5.75. The minimum Gasteiger partial charge on any atom is -0.473 e. The van der Waals surface area contributed by atoms with E-state index in [4.69, 9.17) is 21.1 Å². The third-order valence-corrected chi connectivity index (χ3v) is 3.98. The van der Waals surface area contributed by atoms with E-state index in [2.05, 4.69) is 4.98 Å². The van der Waals surface area contributed by atoms with Crippen molar-refractivity contribution >= 4 is 28.9 Å². The van der Waals surface area contributed by atoms with E-state index in [1.54, 1.807) is 6.92 Å². The summed E-state index contributed by atoms with van der Waals surface area (Å²) >= 11 is 6.95. The first-order valence-corrected chi connectivity index (χ1v) is 7.40. The topological polar surface area (TPSA) is 48.4 Å². The minimum atomic E-state index is -0.410. The average molecular weight is 290 g/mol. The summed E-state index contributed by atoms with van der Waals surface area (Å²) in [6, 6.07) is 0. The number of carbonyl (C=O) groups excluding carboxylic acids is 1. The molecule has 0 aliphatic heterocycles. The summed E-state index contributed by atoms with van der Waals surface area (Å²) in [5, 5.41) is 0. The summed E-state index contributed by atoms with van der Waals surface area (Å²) in [5.74, 6) is -0.0805. The number of hydrogen-bond donors (Lipinski definition) is 0. The maximum Gasteiger partial charge on any atom is 0.354 e. The predicted molar refractivity (Wildman–Crippen MR) is 70.6 cm³/mol. The summed E-state index contributed by atoms with van der Waals surface area (Å²) in [4.78, 5) is 16.2. The van der Waals surface area contributed by atoms with E-state index in [1.165, 1.54) is 6.42 Å². The number of rotatable bonds is 4. The van der Waals surface area contributed by atoms with Crippen molar-refractivity contribution in [1.29, 1.82) is 0 Å². The zero-order valence-corrected chi connectivity index (χ0v) is 11.9. The van der Waals surface area contributed by atoms with E-state index in [1.807, 2.05) is 0 Å². The van der Waals surface area contributed by atoms with Crippen LogP contribution in [-0.4, -0.2) is 23.7 Å². The first kappa shape index (κ1) is 13.6. The number of hydrogen-bond acceptors (Lipinski definition) is 5. The Hall–Kier alpha value is -0.810. The van der Waals surface area contributed by atoms with Crippen molar-refractivity contribution in [3.63, 3.8) is 0 Å². The van der Waals surface area contributed by atoms with Gasteiger partial charge in [0.05, 0.1) is 6.61 Å². The maximum absolute atomic E-state index is 11.7. The zero-order chi connectivity index (χ0) is 13.0. The molecule has 1 heterocycles. The fourth-order valence-corrected chi connectivity index (χ4v) is 2.96. The quantitative estimate of drug-likeness (QED) is 0.793. The highest BCUT2D eigenvalue weighted by Gasteiger charge is 2.24. The average Bonchev–Trinajstić information content (AvgIpc) is 2.72. The molecule has 0 radical (unpaired) electrons. The van der Waals surface area contributed by atoms with Crippen LogP contribution in [0.2, 0.25) is 4.47 Å². The zero-order valence-electron chi connectivity index (χ0n) is 10.3. The lowest BCUT2D eigenvalue weighted by Crippen LogP contribution is -2.21. The number of thiazole rings is 1. The molecule has 0 atom stereocenters. The molecule has 1 aliphatic rings. The molecule has 2 rings (SSSR count). The molecule has 0 bridgehead atoms. The fourth-order valence-electron chi connectivity index (χ4n) is 2.03. The third-order valence-electron chi connectivity index (χ3n) is 2.86. The molecular formula is C12H16ClNO3S. The van der Waals surface area contributed by atoms with Crippen molar-refractivity contribution in [2.45, 2.75) is 45.1 Å². The van der Waals surface area contributed by atoms with Crippen LogP contribution in [0.3, 0.4) is 0 Å². The molecule has 1 aromatic heterocycles. The Morgan fingerprint density at radius 2 is 2.17 bits per heavy atom. The van der Waals surface area contributed by atoms with E-state index < -0.39 is 5.97 Å². The second-order valence-corrected chi connectivity index (χ2v) is 5.78. The first-order chi connectivity index (χ1) is 8.70. The Labute approximate surface area is 115 Å². The third kappa shape index (κ3) is 3.36. The minimum absolute atomic E-state index is 0.144. The van der Waals surface area contributed by atoms with E-state index in [0.717, 1.165) is 37.0 Å². The van der Waals surface area contributed by atoms with Gasteiger partial charge in [0.2, 0.25) is 5.88 Å². The number of esters is 1. The molecule has 0 aromatic carbocycles. The van der Waals surface area contributed by atoms with Crippen molar-refractivity contribution in [2.24, 2.45) is 0 Å². The number of aromatic nitrogens is 1. The number of ether oxygens (including phenoxy) is 2. The van der Waals surface area contributed by atoms with Gasteiger partial charge in [0.1, 0.15) is 6.10 Å². The Kier molecular flexibility index (Phi) is 4.83. The van der Waals surface area contributed by atoms with Gasteiger partial charge in [-0.1, -0.05) is 29.4 Å². The van der Waals surface area contributed by atoms with Crippen LogP contribution >= 0.6 is 22.9 Å². The standard InChI is InChI=1S/C12H16ClNO3S/c1-2-16-11(15)9-10(14-12(13)18-9)17-8-6-4-3-5-7-8/h8H,2-7H2,1H3. The molecule has 1 aromatic rings. The van der Waals surface area contributed by atoms with Gasteiger partial charge in [-0.3, -0.25) is 0 Å². The summed E-state index contributed by atoms with van der Waals surface area (Å²) in [6.45, 7) is 2.10. The van der Waals surface area contributed by atoms with Crippen LogP contribution in [0.1, 0.15) is 48.7 Å². The van der Waals surface area contributed by atoms with Crippen LogP contribution in [-0.2, 0) is 4.74 Å². The highest BCUT2D eigenvalue weighted by molar-refractivity contribution is 7.17. The van der Waals surface area contributed by atoms with Gasteiger partial charge >= 0.3 is 5.97 Å². The Morgan fingerprint density at radius 1 is 1.44 bits per heavy atom. The number of nitrogens with zero attached hydrogens (tertiary/aromatic N) is 1. The van der Waals surface area contributed by atoms with Gasteiger partial charge in [-0.25, -0.2) is 4.79 Å².